The Morgan fingerprint density at radius 3 is 1.89 bits per heavy atom. The molecule has 0 amide bonds. The van der Waals surface area contributed by atoms with Crippen LogP contribution in [0.5, 0.6) is 0 Å². The fraction of sp³-hybridized carbons (Fsp3) is 0. The molecule has 3 nitrogen and oxygen atoms in total. The number of nitrogens with zero attached hydrogens (tertiary/aromatic N) is 1. The van der Waals surface area contributed by atoms with Gasteiger partial charge in [0, 0.05) is 11.3 Å². The molecule has 132 valence electrons. The number of thiazole rings is 1. The van der Waals surface area contributed by atoms with Crippen molar-refractivity contribution in [1.82, 2.24) is 4.98 Å². The van der Waals surface area contributed by atoms with Gasteiger partial charge in [-0.25, -0.2) is 4.98 Å². The number of benzene rings is 3. The van der Waals surface area contributed by atoms with Crippen molar-refractivity contribution >= 4 is 39.5 Å². The Morgan fingerprint density at radius 1 is 0.704 bits per heavy atom. The Balaban J connectivity index is 1.64. The third-order valence-electron chi connectivity index (χ3n) is 3.96. The second kappa shape index (κ2) is 8.12. The van der Waals surface area contributed by atoms with Crippen molar-refractivity contribution in [1.29, 1.82) is 0 Å². The van der Waals surface area contributed by atoms with E-state index in [4.69, 9.17) is 17.2 Å². The van der Waals surface area contributed by atoms with Gasteiger partial charge in [-0.05, 0) is 29.9 Å². The van der Waals surface area contributed by atoms with E-state index >= 15 is 0 Å². The molecule has 3 aromatic carbocycles. The molecule has 27 heavy (non-hydrogen) atoms. The predicted molar refractivity (Wildman–Crippen MR) is 119 cm³/mol. The van der Waals surface area contributed by atoms with Gasteiger partial charge in [0.2, 0.25) is 0 Å². The molecule has 0 atom stereocenters. The quantitative estimate of drug-likeness (QED) is 0.404. The van der Waals surface area contributed by atoms with Gasteiger partial charge >= 0.3 is 0 Å². The normalized spacial score (nSPS) is 10.4. The summed E-state index contributed by atoms with van der Waals surface area (Å²) in [6, 6.07) is 30.4. The first-order valence-corrected chi connectivity index (χ1v) is 9.77. The van der Waals surface area contributed by atoms with E-state index in [2.05, 4.69) is 34.9 Å². The molecule has 0 radical (unpaired) electrons. The Morgan fingerprint density at radius 2 is 1.26 bits per heavy atom. The van der Waals surface area contributed by atoms with Gasteiger partial charge in [-0.1, -0.05) is 90.2 Å². The number of thiocarbonyl (C=S) groups is 1. The summed E-state index contributed by atoms with van der Waals surface area (Å²) in [7, 11) is 0. The monoisotopic (exact) mass is 387 g/mol. The smallest absolute Gasteiger partial charge is 0.190 e. The van der Waals surface area contributed by atoms with Crippen LogP contribution in [0.2, 0.25) is 0 Å². The molecule has 2 N–H and O–H groups in total. The molecule has 0 saturated carbocycles. The Bertz CT molecular complexity index is 972. The lowest BCUT2D eigenvalue weighted by Gasteiger charge is -2.07. The van der Waals surface area contributed by atoms with E-state index in [0.717, 1.165) is 32.5 Å². The largest absolute Gasteiger partial charge is 0.332 e. The first kappa shape index (κ1) is 17.4. The molecule has 0 fully saturated rings. The van der Waals surface area contributed by atoms with E-state index in [1.54, 1.807) is 11.3 Å². The number of para-hydroxylation sites is 1. The Hall–Kier alpha value is -3.02. The fourth-order valence-electron chi connectivity index (χ4n) is 2.73. The van der Waals surface area contributed by atoms with Gasteiger partial charge in [0.1, 0.15) is 0 Å². The number of anilines is 2. The van der Waals surface area contributed by atoms with Gasteiger partial charge in [-0.15, -0.1) is 0 Å². The third-order valence-corrected chi connectivity index (χ3v) is 5.19. The molecular weight excluding hydrogens is 370 g/mol. The van der Waals surface area contributed by atoms with Crippen molar-refractivity contribution in [3.05, 3.63) is 91.0 Å². The zero-order chi connectivity index (χ0) is 18.5. The second-order valence-corrected chi connectivity index (χ2v) is 7.28. The highest BCUT2D eigenvalue weighted by Crippen LogP contribution is 2.38. The topological polar surface area (TPSA) is 37.0 Å². The van der Waals surface area contributed by atoms with Crippen LogP contribution in [0.15, 0.2) is 91.0 Å². The zero-order valence-corrected chi connectivity index (χ0v) is 16.1. The van der Waals surface area contributed by atoms with Gasteiger partial charge in [0.25, 0.3) is 0 Å². The van der Waals surface area contributed by atoms with Gasteiger partial charge in [0.05, 0.1) is 10.6 Å². The van der Waals surface area contributed by atoms with Crippen LogP contribution in [0.3, 0.4) is 0 Å². The minimum absolute atomic E-state index is 0.522. The summed E-state index contributed by atoms with van der Waals surface area (Å²) in [5.74, 6) is 0. The number of rotatable bonds is 4. The van der Waals surface area contributed by atoms with Crippen LogP contribution in [0.1, 0.15) is 0 Å². The van der Waals surface area contributed by atoms with Gasteiger partial charge in [-0.2, -0.15) is 0 Å². The molecule has 0 aliphatic carbocycles. The summed E-state index contributed by atoms with van der Waals surface area (Å²) in [6.07, 6.45) is 0. The highest BCUT2D eigenvalue weighted by molar-refractivity contribution is 7.80. The predicted octanol–water partition coefficient (Wildman–Crippen LogP) is 6.29. The van der Waals surface area contributed by atoms with Crippen molar-refractivity contribution in [2.45, 2.75) is 0 Å². The maximum absolute atomic E-state index is 5.45. The number of hydrogen-bond donors (Lipinski definition) is 2. The first-order chi connectivity index (χ1) is 13.3. The maximum atomic E-state index is 5.45. The van der Waals surface area contributed by atoms with Crippen molar-refractivity contribution < 1.29 is 0 Å². The molecule has 5 heteroatoms. The lowest BCUT2D eigenvalue weighted by molar-refractivity contribution is 1.40. The standard InChI is InChI=1S/C22H17N3S2/c26-21(23-18-14-8-3-9-15-18)25-22-24-19(16-10-4-1-5-11-16)20(27-22)17-12-6-2-7-13-17/h1-15H,(H2,23,24,25,26). The molecule has 0 unspecified atom stereocenters. The number of aromatic nitrogens is 1. The summed E-state index contributed by atoms with van der Waals surface area (Å²) < 4.78 is 0. The molecule has 1 heterocycles. The summed E-state index contributed by atoms with van der Waals surface area (Å²) in [4.78, 5) is 5.94. The van der Waals surface area contributed by atoms with Crippen LogP contribution in [-0.4, -0.2) is 10.1 Å². The lowest BCUT2D eigenvalue weighted by atomic mass is 10.1. The van der Waals surface area contributed by atoms with E-state index in [1.165, 1.54) is 0 Å². The fourth-order valence-corrected chi connectivity index (χ4v) is 4.01. The van der Waals surface area contributed by atoms with Gasteiger partial charge in [0.15, 0.2) is 10.2 Å². The highest BCUT2D eigenvalue weighted by Gasteiger charge is 2.15. The first-order valence-electron chi connectivity index (χ1n) is 8.54. The molecule has 4 rings (SSSR count). The van der Waals surface area contributed by atoms with E-state index in [-0.39, 0.29) is 0 Å². The average Bonchev–Trinajstić information content (AvgIpc) is 3.14. The molecule has 0 aliphatic rings. The SMILES string of the molecule is S=C(Nc1ccccc1)Nc1nc(-c2ccccc2)c(-c2ccccc2)s1. The second-order valence-electron chi connectivity index (χ2n) is 5.87. The summed E-state index contributed by atoms with van der Waals surface area (Å²) in [5.41, 5.74) is 4.13. The summed E-state index contributed by atoms with van der Waals surface area (Å²) in [5, 5.41) is 7.69. The highest BCUT2D eigenvalue weighted by atomic mass is 32.1. The summed E-state index contributed by atoms with van der Waals surface area (Å²) in [6.45, 7) is 0. The van der Waals surface area contributed by atoms with Crippen LogP contribution >= 0.6 is 23.6 Å². The van der Waals surface area contributed by atoms with E-state index in [0.29, 0.717) is 5.11 Å². The Kier molecular flexibility index (Phi) is 5.23. The molecule has 0 aliphatic heterocycles. The van der Waals surface area contributed by atoms with E-state index in [9.17, 15) is 0 Å². The van der Waals surface area contributed by atoms with Crippen LogP contribution in [0.25, 0.3) is 21.7 Å². The van der Waals surface area contributed by atoms with Crippen molar-refractivity contribution in [2.24, 2.45) is 0 Å². The van der Waals surface area contributed by atoms with Crippen LogP contribution in [-0.2, 0) is 0 Å². The van der Waals surface area contributed by atoms with Gasteiger partial charge in [-0.3, -0.25) is 0 Å². The minimum Gasteiger partial charge on any atom is -0.332 e. The third kappa shape index (κ3) is 4.22. The number of nitrogens with one attached hydrogen (secondary N) is 2. The molecular formula is C22H17N3S2. The molecule has 4 aromatic rings. The minimum atomic E-state index is 0.522. The number of hydrogen-bond acceptors (Lipinski definition) is 3. The van der Waals surface area contributed by atoms with Crippen molar-refractivity contribution in [3.8, 4) is 21.7 Å². The van der Waals surface area contributed by atoms with E-state index in [1.807, 2.05) is 66.7 Å². The Labute approximate surface area is 167 Å². The summed E-state index contributed by atoms with van der Waals surface area (Å²) >= 11 is 7.05. The molecule has 1 aromatic heterocycles. The zero-order valence-electron chi connectivity index (χ0n) is 14.4. The van der Waals surface area contributed by atoms with Crippen LogP contribution < -0.4 is 10.6 Å². The average molecular weight is 388 g/mol. The van der Waals surface area contributed by atoms with Crippen LogP contribution in [0, 0.1) is 0 Å². The van der Waals surface area contributed by atoms with E-state index < -0.39 is 0 Å². The van der Waals surface area contributed by atoms with Gasteiger partial charge < -0.3 is 10.6 Å². The molecule has 0 saturated heterocycles. The lowest BCUT2D eigenvalue weighted by Crippen LogP contribution is -2.18. The van der Waals surface area contributed by atoms with Crippen LogP contribution in [0.4, 0.5) is 10.8 Å². The maximum Gasteiger partial charge on any atom is 0.190 e. The van der Waals surface area contributed by atoms with Crippen molar-refractivity contribution in [3.63, 3.8) is 0 Å². The van der Waals surface area contributed by atoms with Crippen molar-refractivity contribution in [2.75, 3.05) is 10.6 Å². The molecule has 0 bridgehead atoms. The molecule has 0 spiro atoms.